The second kappa shape index (κ2) is 6.98. The van der Waals surface area contributed by atoms with E-state index in [0.717, 1.165) is 27.1 Å². The molecule has 1 nitrogen and oxygen atoms in total. The Kier molecular flexibility index (Phi) is 5.29. The van der Waals surface area contributed by atoms with Crippen LogP contribution in [0.4, 0.5) is 5.69 Å². The summed E-state index contributed by atoms with van der Waals surface area (Å²) in [7, 11) is 0. The molecule has 2 N–H and O–H groups in total. The van der Waals surface area contributed by atoms with Gasteiger partial charge in [0.1, 0.15) is 0 Å². The third kappa shape index (κ3) is 4.16. The van der Waals surface area contributed by atoms with Crippen LogP contribution in [0.2, 0.25) is 5.02 Å². The van der Waals surface area contributed by atoms with E-state index in [1.807, 2.05) is 36.0 Å². The van der Waals surface area contributed by atoms with E-state index < -0.39 is 0 Å². The molecule has 0 spiro atoms. The third-order valence-electron chi connectivity index (χ3n) is 2.33. The molecule has 2 aromatic rings. The Morgan fingerprint density at radius 1 is 0.944 bits per heavy atom. The summed E-state index contributed by atoms with van der Waals surface area (Å²) in [5, 5.41) is 0.738. The van der Waals surface area contributed by atoms with E-state index in [1.54, 1.807) is 11.8 Å². The van der Waals surface area contributed by atoms with E-state index in [2.05, 4.69) is 24.3 Å². The Hall–Kier alpha value is -0.770. The van der Waals surface area contributed by atoms with Crippen molar-refractivity contribution in [2.45, 2.75) is 9.79 Å². The van der Waals surface area contributed by atoms with Crippen LogP contribution in [0.3, 0.4) is 0 Å². The lowest BCUT2D eigenvalue weighted by atomic mass is 10.3. The number of halogens is 1. The van der Waals surface area contributed by atoms with E-state index in [-0.39, 0.29) is 0 Å². The first-order chi connectivity index (χ1) is 8.75. The minimum absolute atomic E-state index is 0.738. The minimum atomic E-state index is 0.738. The van der Waals surface area contributed by atoms with Gasteiger partial charge in [-0.15, -0.1) is 23.5 Å². The monoisotopic (exact) mass is 295 g/mol. The second-order valence-corrected chi connectivity index (χ2v) is 6.43. The molecule has 0 atom stereocenters. The molecule has 0 saturated carbocycles. The molecule has 18 heavy (non-hydrogen) atoms. The zero-order valence-corrected chi connectivity index (χ0v) is 12.2. The van der Waals surface area contributed by atoms with Gasteiger partial charge in [-0.25, -0.2) is 0 Å². The Labute approximate surface area is 121 Å². The highest BCUT2D eigenvalue weighted by Gasteiger charge is 2.01. The van der Waals surface area contributed by atoms with Crippen LogP contribution in [0.5, 0.6) is 0 Å². The normalized spacial score (nSPS) is 10.5. The number of thioether (sulfide) groups is 2. The number of nitrogen functional groups attached to an aromatic ring is 1. The number of hydrogen-bond acceptors (Lipinski definition) is 3. The predicted octanol–water partition coefficient (Wildman–Crippen LogP) is 4.81. The number of hydrogen-bond donors (Lipinski definition) is 1. The maximum atomic E-state index is 5.95. The maximum absolute atomic E-state index is 5.95. The fourth-order valence-electron chi connectivity index (χ4n) is 1.46. The fourth-order valence-corrected chi connectivity index (χ4v) is 3.61. The molecule has 0 unspecified atom stereocenters. The summed E-state index contributed by atoms with van der Waals surface area (Å²) in [5.41, 5.74) is 6.70. The smallest absolute Gasteiger partial charge is 0.0453 e. The molecule has 0 radical (unpaired) electrons. The van der Waals surface area contributed by atoms with Crippen LogP contribution < -0.4 is 5.73 Å². The summed E-state index contributed by atoms with van der Waals surface area (Å²) >= 11 is 9.56. The van der Waals surface area contributed by atoms with Gasteiger partial charge in [-0.3, -0.25) is 0 Å². The highest BCUT2D eigenvalue weighted by molar-refractivity contribution is 8.03. The molecular weight excluding hydrogens is 282 g/mol. The summed E-state index contributed by atoms with van der Waals surface area (Å²) in [5.74, 6) is 2.07. The molecule has 0 aliphatic rings. The van der Waals surface area contributed by atoms with Gasteiger partial charge >= 0.3 is 0 Å². The van der Waals surface area contributed by atoms with Crippen LogP contribution >= 0.6 is 35.1 Å². The maximum Gasteiger partial charge on any atom is 0.0453 e. The highest BCUT2D eigenvalue weighted by Crippen LogP contribution is 2.29. The lowest BCUT2D eigenvalue weighted by Crippen LogP contribution is -1.90. The van der Waals surface area contributed by atoms with Crippen molar-refractivity contribution in [1.82, 2.24) is 0 Å². The van der Waals surface area contributed by atoms with E-state index >= 15 is 0 Å². The van der Waals surface area contributed by atoms with Gasteiger partial charge in [0, 0.05) is 32.0 Å². The Balaban J connectivity index is 1.80. The summed E-state index contributed by atoms with van der Waals surface area (Å²) < 4.78 is 0. The van der Waals surface area contributed by atoms with Gasteiger partial charge < -0.3 is 5.73 Å². The molecule has 2 aromatic carbocycles. The molecule has 0 aromatic heterocycles. The van der Waals surface area contributed by atoms with Crippen molar-refractivity contribution in [3.05, 3.63) is 53.6 Å². The van der Waals surface area contributed by atoms with Crippen molar-refractivity contribution in [3.8, 4) is 0 Å². The van der Waals surface area contributed by atoms with Crippen LogP contribution in [-0.2, 0) is 0 Å². The van der Waals surface area contributed by atoms with E-state index in [1.165, 1.54) is 4.90 Å². The SMILES string of the molecule is Nc1ccc(Cl)cc1SCCSc1ccccc1. The van der Waals surface area contributed by atoms with Gasteiger partial charge in [0.05, 0.1) is 0 Å². The van der Waals surface area contributed by atoms with Gasteiger partial charge in [-0.1, -0.05) is 29.8 Å². The van der Waals surface area contributed by atoms with Crippen molar-refractivity contribution in [2.24, 2.45) is 0 Å². The molecular formula is C14H14ClNS2. The van der Waals surface area contributed by atoms with E-state index in [9.17, 15) is 0 Å². The summed E-state index contributed by atoms with van der Waals surface area (Å²) in [6.07, 6.45) is 0. The zero-order chi connectivity index (χ0) is 12.8. The first-order valence-electron chi connectivity index (χ1n) is 5.61. The van der Waals surface area contributed by atoms with Crippen molar-refractivity contribution in [3.63, 3.8) is 0 Å². The lowest BCUT2D eigenvalue weighted by Gasteiger charge is -2.05. The van der Waals surface area contributed by atoms with Crippen LogP contribution in [0.15, 0.2) is 58.3 Å². The molecule has 0 bridgehead atoms. The Morgan fingerprint density at radius 2 is 1.67 bits per heavy atom. The fraction of sp³-hybridized carbons (Fsp3) is 0.143. The highest BCUT2D eigenvalue weighted by atomic mass is 35.5. The average Bonchev–Trinajstić information content (AvgIpc) is 2.40. The van der Waals surface area contributed by atoms with Crippen LogP contribution in [-0.4, -0.2) is 11.5 Å². The third-order valence-corrected chi connectivity index (χ3v) is 4.91. The molecule has 0 aliphatic carbocycles. The molecule has 0 aliphatic heterocycles. The van der Waals surface area contributed by atoms with Crippen molar-refractivity contribution >= 4 is 40.8 Å². The Bertz CT molecular complexity index is 502. The summed E-state index contributed by atoms with van der Waals surface area (Å²) in [6.45, 7) is 0. The van der Waals surface area contributed by atoms with Gasteiger partial charge in [-0.05, 0) is 30.3 Å². The van der Waals surface area contributed by atoms with Crippen LogP contribution in [0.25, 0.3) is 0 Å². The van der Waals surface area contributed by atoms with Gasteiger partial charge in [0.15, 0.2) is 0 Å². The van der Waals surface area contributed by atoms with Crippen molar-refractivity contribution in [1.29, 1.82) is 0 Å². The Morgan fingerprint density at radius 3 is 2.44 bits per heavy atom. The van der Waals surface area contributed by atoms with E-state index in [4.69, 9.17) is 17.3 Å². The average molecular weight is 296 g/mol. The minimum Gasteiger partial charge on any atom is -0.398 e. The molecule has 0 heterocycles. The predicted molar refractivity (Wildman–Crippen MR) is 83.8 cm³/mol. The first kappa shape index (κ1) is 13.7. The quantitative estimate of drug-likeness (QED) is 0.487. The molecule has 94 valence electrons. The molecule has 4 heteroatoms. The first-order valence-corrected chi connectivity index (χ1v) is 7.96. The topological polar surface area (TPSA) is 26.0 Å². The van der Waals surface area contributed by atoms with Crippen molar-refractivity contribution < 1.29 is 0 Å². The molecule has 0 fully saturated rings. The number of rotatable bonds is 5. The number of anilines is 1. The largest absolute Gasteiger partial charge is 0.398 e. The van der Waals surface area contributed by atoms with Crippen LogP contribution in [0.1, 0.15) is 0 Å². The van der Waals surface area contributed by atoms with E-state index in [0.29, 0.717) is 0 Å². The molecule has 0 amide bonds. The number of benzene rings is 2. The van der Waals surface area contributed by atoms with Gasteiger partial charge in [0.25, 0.3) is 0 Å². The van der Waals surface area contributed by atoms with Gasteiger partial charge in [0.2, 0.25) is 0 Å². The van der Waals surface area contributed by atoms with Crippen LogP contribution in [0, 0.1) is 0 Å². The standard InChI is InChI=1S/C14H14ClNS2/c15-11-6-7-13(16)14(10-11)18-9-8-17-12-4-2-1-3-5-12/h1-7,10H,8-9,16H2. The number of nitrogens with two attached hydrogens (primary N) is 1. The summed E-state index contributed by atoms with van der Waals surface area (Å²) in [4.78, 5) is 2.37. The second-order valence-electron chi connectivity index (χ2n) is 3.69. The molecule has 2 rings (SSSR count). The van der Waals surface area contributed by atoms with Gasteiger partial charge in [-0.2, -0.15) is 0 Å². The van der Waals surface area contributed by atoms with Crippen molar-refractivity contribution in [2.75, 3.05) is 17.2 Å². The molecule has 0 saturated heterocycles. The summed E-state index contributed by atoms with van der Waals surface area (Å²) in [6, 6.07) is 16.0. The zero-order valence-electron chi connectivity index (χ0n) is 9.80. The lowest BCUT2D eigenvalue weighted by molar-refractivity contribution is 1.41.